The van der Waals surface area contributed by atoms with E-state index in [0.29, 0.717) is 6.10 Å². The van der Waals surface area contributed by atoms with Gasteiger partial charge in [0.05, 0.1) is 6.10 Å². The Hall–Kier alpha value is 0.0700. The SMILES string of the molecule is Fc1ccc(C(CBr)(CBr)CCCC2CCCO2)cc1. The van der Waals surface area contributed by atoms with Crippen LogP contribution < -0.4 is 0 Å². The highest BCUT2D eigenvalue weighted by atomic mass is 79.9. The Labute approximate surface area is 137 Å². The molecule has 0 saturated carbocycles. The Kier molecular flexibility index (Phi) is 6.50. The van der Waals surface area contributed by atoms with Gasteiger partial charge in [0, 0.05) is 22.7 Å². The zero-order valence-electron chi connectivity index (χ0n) is 11.6. The smallest absolute Gasteiger partial charge is 0.123 e. The molecule has 20 heavy (non-hydrogen) atoms. The second kappa shape index (κ2) is 7.90. The molecule has 1 atom stereocenters. The van der Waals surface area contributed by atoms with E-state index in [1.807, 2.05) is 12.1 Å². The summed E-state index contributed by atoms with van der Waals surface area (Å²) >= 11 is 7.29. The Morgan fingerprint density at radius 3 is 2.45 bits per heavy atom. The van der Waals surface area contributed by atoms with Crippen molar-refractivity contribution in [3.63, 3.8) is 0 Å². The molecule has 112 valence electrons. The highest BCUT2D eigenvalue weighted by molar-refractivity contribution is 9.09. The summed E-state index contributed by atoms with van der Waals surface area (Å²) < 4.78 is 18.8. The first-order valence-corrected chi connectivity index (χ1v) is 9.44. The minimum atomic E-state index is -0.175. The fourth-order valence-corrected chi connectivity index (χ4v) is 4.95. The van der Waals surface area contributed by atoms with Crippen LogP contribution in [0.25, 0.3) is 0 Å². The molecule has 1 aliphatic heterocycles. The third-order valence-electron chi connectivity index (χ3n) is 4.17. The minimum Gasteiger partial charge on any atom is -0.378 e. The van der Waals surface area contributed by atoms with E-state index in [9.17, 15) is 4.39 Å². The maximum absolute atomic E-state index is 13.1. The molecule has 1 aliphatic rings. The molecule has 1 nitrogen and oxygen atoms in total. The molecule has 0 aliphatic carbocycles. The predicted molar refractivity (Wildman–Crippen MR) is 88.5 cm³/mol. The molecular weight excluding hydrogens is 387 g/mol. The number of alkyl halides is 2. The maximum atomic E-state index is 13.1. The first kappa shape index (κ1) is 16.4. The van der Waals surface area contributed by atoms with E-state index in [0.717, 1.165) is 36.5 Å². The Morgan fingerprint density at radius 1 is 1.20 bits per heavy atom. The quantitative estimate of drug-likeness (QED) is 0.564. The first-order valence-electron chi connectivity index (χ1n) is 7.20. The van der Waals surface area contributed by atoms with Crippen molar-refractivity contribution >= 4 is 31.9 Å². The van der Waals surface area contributed by atoms with Gasteiger partial charge in [-0.15, -0.1) is 0 Å². The molecule has 2 rings (SSSR count). The first-order chi connectivity index (χ1) is 9.70. The van der Waals surface area contributed by atoms with Crippen molar-refractivity contribution in [2.75, 3.05) is 17.3 Å². The summed E-state index contributed by atoms with van der Waals surface area (Å²) in [6.45, 7) is 0.921. The lowest BCUT2D eigenvalue weighted by Gasteiger charge is -2.31. The van der Waals surface area contributed by atoms with Gasteiger partial charge in [0.25, 0.3) is 0 Å². The molecule has 0 N–H and O–H groups in total. The Bertz CT molecular complexity index is 397. The number of halogens is 3. The molecule has 0 spiro atoms. The van der Waals surface area contributed by atoms with Gasteiger partial charge in [-0.3, -0.25) is 0 Å². The van der Waals surface area contributed by atoms with E-state index in [-0.39, 0.29) is 11.2 Å². The third kappa shape index (κ3) is 4.05. The highest BCUT2D eigenvalue weighted by Crippen LogP contribution is 2.35. The van der Waals surface area contributed by atoms with Crippen molar-refractivity contribution < 1.29 is 9.13 Å². The standard InChI is InChI=1S/C16H21Br2FO/c17-11-16(12-18,13-5-7-14(19)8-6-13)9-1-3-15-4-2-10-20-15/h5-8,15H,1-4,9-12H2. The van der Waals surface area contributed by atoms with E-state index >= 15 is 0 Å². The second-order valence-corrected chi connectivity index (χ2v) is 6.70. The van der Waals surface area contributed by atoms with Gasteiger partial charge in [-0.2, -0.15) is 0 Å². The molecular formula is C16H21Br2FO. The number of hydrogen-bond donors (Lipinski definition) is 0. The zero-order chi connectivity index (χ0) is 14.4. The monoisotopic (exact) mass is 406 g/mol. The lowest BCUT2D eigenvalue weighted by molar-refractivity contribution is 0.101. The number of benzene rings is 1. The van der Waals surface area contributed by atoms with E-state index in [2.05, 4.69) is 31.9 Å². The van der Waals surface area contributed by atoms with Crippen molar-refractivity contribution in [3.05, 3.63) is 35.6 Å². The van der Waals surface area contributed by atoms with Gasteiger partial charge in [0.15, 0.2) is 0 Å². The van der Waals surface area contributed by atoms with E-state index in [1.165, 1.54) is 18.4 Å². The van der Waals surface area contributed by atoms with Gasteiger partial charge in [0.2, 0.25) is 0 Å². The minimum absolute atomic E-state index is 0.0340. The van der Waals surface area contributed by atoms with Crippen LogP contribution in [-0.4, -0.2) is 23.4 Å². The van der Waals surface area contributed by atoms with E-state index < -0.39 is 0 Å². The lowest BCUT2D eigenvalue weighted by Crippen LogP contribution is -2.30. The molecule has 1 fully saturated rings. The topological polar surface area (TPSA) is 9.23 Å². The van der Waals surface area contributed by atoms with Crippen molar-refractivity contribution in [3.8, 4) is 0 Å². The van der Waals surface area contributed by atoms with Gasteiger partial charge in [-0.05, 0) is 49.8 Å². The van der Waals surface area contributed by atoms with Crippen LogP contribution in [0.4, 0.5) is 4.39 Å². The van der Waals surface area contributed by atoms with Crippen molar-refractivity contribution in [2.24, 2.45) is 0 Å². The molecule has 1 heterocycles. The summed E-state index contributed by atoms with van der Waals surface area (Å²) in [7, 11) is 0. The van der Waals surface area contributed by atoms with Crippen molar-refractivity contribution in [2.45, 2.75) is 43.6 Å². The molecule has 1 saturated heterocycles. The third-order valence-corrected chi connectivity index (χ3v) is 6.32. The van der Waals surface area contributed by atoms with Gasteiger partial charge in [-0.1, -0.05) is 44.0 Å². The van der Waals surface area contributed by atoms with Crippen LogP contribution in [0.2, 0.25) is 0 Å². The normalized spacial score (nSPS) is 19.4. The number of hydrogen-bond acceptors (Lipinski definition) is 1. The summed E-state index contributed by atoms with van der Waals surface area (Å²) in [5, 5.41) is 1.75. The van der Waals surface area contributed by atoms with E-state index in [1.54, 1.807) is 12.1 Å². The molecule has 0 aromatic heterocycles. The largest absolute Gasteiger partial charge is 0.378 e. The fourth-order valence-electron chi connectivity index (χ4n) is 2.81. The average molecular weight is 408 g/mol. The Morgan fingerprint density at radius 2 is 1.90 bits per heavy atom. The lowest BCUT2D eigenvalue weighted by atomic mass is 9.79. The Balaban J connectivity index is 1.98. The molecule has 1 aromatic rings. The van der Waals surface area contributed by atoms with Gasteiger partial charge >= 0.3 is 0 Å². The molecule has 0 bridgehead atoms. The van der Waals surface area contributed by atoms with Crippen molar-refractivity contribution in [1.29, 1.82) is 0 Å². The molecule has 1 unspecified atom stereocenters. The van der Waals surface area contributed by atoms with Gasteiger partial charge in [0.1, 0.15) is 5.82 Å². The maximum Gasteiger partial charge on any atom is 0.123 e. The molecule has 4 heteroatoms. The van der Waals surface area contributed by atoms with Crippen LogP contribution >= 0.6 is 31.9 Å². The van der Waals surface area contributed by atoms with Crippen LogP contribution in [0.3, 0.4) is 0 Å². The molecule has 0 amide bonds. The number of rotatable bonds is 7. The van der Waals surface area contributed by atoms with Crippen molar-refractivity contribution in [1.82, 2.24) is 0 Å². The fraction of sp³-hybridized carbons (Fsp3) is 0.625. The summed E-state index contributed by atoms with van der Waals surface area (Å²) in [4.78, 5) is 0. The van der Waals surface area contributed by atoms with Gasteiger partial charge in [-0.25, -0.2) is 4.39 Å². The summed E-state index contributed by atoms with van der Waals surface area (Å²) in [6, 6.07) is 6.92. The summed E-state index contributed by atoms with van der Waals surface area (Å²) in [5.74, 6) is -0.175. The molecule has 1 aromatic carbocycles. The second-order valence-electron chi connectivity index (χ2n) is 5.58. The average Bonchev–Trinajstić information content (AvgIpc) is 2.98. The highest BCUT2D eigenvalue weighted by Gasteiger charge is 2.30. The van der Waals surface area contributed by atoms with Crippen LogP contribution in [-0.2, 0) is 10.2 Å². The molecule has 0 radical (unpaired) electrons. The summed E-state index contributed by atoms with van der Waals surface area (Å²) in [6.07, 6.45) is 6.19. The van der Waals surface area contributed by atoms with Crippen LogP contribution in [0.1, 0.15) is 37.7 Å². The van der Waals surface area contributed by atoms with Crippen LogP contribution in [0, 0.1) is 5.82 Å². The summed E-state index contributed by atoms with van der Waals surface area (Å²) in [5.41, 5.74) is 1.23. The predicted octanol–water partition coefficient (Wildman–Crippen LogP) is 5.20. The van der Waals surface area contributed by atoms with Gasteiger partial charge < -0.3 is 4.74 Å². The number of ether oxygens (including phenoxy) is 1. The van der Waals surface area contributed by atoms with Crippen LogP contribution in [0.15, 0.2) is 24.3 Å². The zero-order valence-corrected chi connectivity index (χ0v) is 14.8. The van der Waals surface area contributed by atoms with Crippen LogP contribution in [0.5, 0.6) is 0 Å². The van der Waals surface area contributed by atoms with E-state index in [4.69, 9.17) is 4.74 Å².